The molecular formula is C19H20BrN5OS2. The molecule has 6 nitrogen and oxygen atoms in total. The number of carbonyl (C=O) groups is 1. The van der Waals surface area contributed by atoms with Crippen molar-refractivity contribution in [3.63, 3.8) is 0 Å². The van der Waals surface area contributed by atoms with E-state index in [1.165, 1.54) is 30.9 Å². The predicted molar refractivity (Wildman–Crippen MR) is 119 cm³/mol. The van der Waals surface area contributed by atoms with Gasteiger partial charge in [0.1, 0.15) is 16.1 Å². The number of piperidine rings is 1. The van der Waals surface area contributed by atoms with E-state index in [1.807, 2.05) is 24.3 Å². The third-order valence-electron chi connectivity index (χ3n) is 4.52. The SMILES string of the molecule is CC1CCCN(c2nc3ncnc(SCC(=O)Nc4cccc(Br)c4)c3s2)C1. The lowest BCUT2D eigenvalue weighted by Gasteiger charge is -2.30. The molecule has 9 heteroatoms. The van der Waals surface area contributed by atoms with Crippen LogP contribution in [0, 0.1) is 5.92 Å². The van der Waals surface area contributed by atoms with Crippen molar-refractivity contribution in [1.29, 1.82) is 0 Å². The molecule has 4 rings (SSSR count). The fraction of sp³-hybridized carbons (Fsp3) is 0.368. The molecule has 1 aromatic carbocycles. The lowest BCUT2D eigenvalue weighted by Crippen LogP contribution is -2.34. The Bertz CT molecular complexity index is 995. The van der Waals surface area contributed by atoms with Crippen molar-refractivity contribution in [3.8, 4) is 0 Å². The molecule has 0 bridgehead atoms. The van der Waals surface area contributed by atoms with Crippen LogP contribution in [-0.4, -0.2) is 39.7 Å². The molecule has 0 radical (unpaired) electrons. The summed E-state index contributed by atoms with van der Waals surface area (Å²) in [4.78, 5) is 28.1. The molecule has 0 aliphatic carbocycles. The second-order valence-electron chi connectivity index (χ2n) is 6.87. The highest BCUT2D eigenvalue weighted by molar-refractivity contribution is 9.10. The Morgan fingerprint density at radius 3 is 3.14 bits per heavy atom. The Morgan fingerprint density at radius 1 is 1.43 bits per heavy atom. The van der Waals surface area contributed by atoms with Gasteiger partial charge in [0, 0.05) is 23.2 Å². The van der Waals surface area contributed by atoms with Crippen molar-refractivity contribution in [2.45, 2.75) is 24.8 Å². The molecule has 1 fully saturated rings. The molecule has 0 spiro atoms. The molecular weight excluding hydrogens is 458 g/mol. The van der Waals surface area contributed by atoms with Crippen LogP contribution in [0.2, 0.25) is 0 Å². The van der Waals surface area contributed by atoms with Crippen LogP contribution in [0.4, 0.5) is 10.8 Å². The zero-order valence-corrected chi connectivity index (χ0v) is 18.6. The standard InChI is InChI=1S/C19H20BrN5OS2/c1-12-4-3-7-25(9-12)19-24-17-16(28-19)18(22-11-21-17)27-10-15(26)23-14-6-2-5-13(20)8-14/h2,5-6,8,11-12H,3-4,7,9-10H2,1H3,(H,23,26). The van der Waals surface area contributed by atoms with Crippen molar-refractivity contribution >= 4 is 66.1 Å². The van der Waals surface area contributed by atoms with E-state index in [0.717, 1.165) is 38.1 Å². The zero-order chi connectivity index (χ0) is 19.5. The number of fused-ring (bicyclic) bond motifs is 1. The molecule has 1 aliphatic heterocycles. The molecule has 1 unspecified atom stereocenters. The predicted octanol–water partition coefficient (Wildman–Crippen LogP) is 4.82. The molecule has 28 heavy (non-hydrogen) atoms. The molecule has 1 amide bonds. The number of amides is 1. The third-order valence-corrected chi connectivity index (χ3v) is 7.25. The number of aromatic nitrogens is 3. The number of anilines is 2. The molecule has 3 heterocycles. The van der Waals surface area contributed by atoms with E-state index in [4.69, 9.17) is 4.98 Å². The Kier molecular flexibility index (Phi) is 6.13. The fourth-order valence-corrected chi connectivity index (χ4v) is 5.55. The van der Waals surface area contributed by atoms with Crippen molar-refractivity contribution in [2.75, 3.05) is 29.1 Å². The molecule has 1 atom stereocenters. The first-order valence-corrected chi connectivity index (χ1v) is 11.7. The van der Waals surface area contributed by atoms with Gasteiger partial charge in [-0.3, -0.25) is 4.79 Å². The van der Waals surface area contributed by atoms with Gasteiger partial charge in [0.2, 0.25) is 5.91 Å². The van der Waals surface area contributed by atoms with E-state index in [0.29, 0.717) is 11.6 Å². The molecule has 1 aliphatic rings. The van der Waals surface area contributed by atoms with Crippen LogP contribution < -0.4 is 10.2 Å². The summed E-state index contributed by atoms with van der Waals surface area (Å²) in [5, 5.41) is 4.72. The number of halogens is 1. The van der Waals surface area contributed by atoms with Gasteiger partial charge < -0.3 is 10.2 Å². The Morgan fingerprint density at radius 2 is 2.32 bits per heavy atom. The molecule has 1 N–H and O–H groups in total. The number of carbonyl (C=O) groups excluding carboxylic acids is 1. The van der Waals surface area contributed by atoms with Gasteiger partial charge in [-0.05, 0) is 37.0 Å². The maximum atomic E-state index is 12.3. The maximum absolute atomic E-state index is 12.3. The van der Waals surface area contributed by atoms with E-state index in [9.17, 15) is 4.79 Å². The number of thiazole rings is 1. The summed E-state index contributed by atoms with van der Waals surface area (Å²) in [7, 11) is 0. The highest BCUT2D eigenvalue weighted by Crippen LogP contribution is 2.35. The summed E-state index contributed by atoms with van der Waals surface area (Å²) in [5.41, 5.74) is 1.48. The van der Waals surface area contributed by atoms with E-state index in [2.05, 4.69) is 43.0 Å². The first-order valence-electron chi connectivity index (χ1n) is 9.13. The van der Waals surface area contributed by atoms with Gasteiger partial charge >= 0.3 is 0 Å². The number of hydrogen-bond donors (Lipinski definition) is 1. The second kappa shape index (κ2) is 8.75. The molecule has 0 saturated carbocycles. The van der Waals surface area contributed by atoms with Gasteiger partial charge in [-0.15, -0.1) is 0 Å². The number of nitrogens with zero attached hydrogens (tertiary/aromatic N) is 4. The summed E-state index contributed by atoms with van der Waals surface area (Å²) in [6.45, 7) is 4.35. The smallest absolute Gasteiger partial charge is 0.234 e. The molecule has 146 valence electrons. The van der Waals surface area contributed by atoms with E-state index < -0.39 is 0 Å². The quantitative estimate of drug-likeness (QED) is 0.419. The molecule has 2 aromatic heterocycles. The zero-order valence-electron chi connectivity index (χ0n) is 15.4. The van der Waals surface area contributed by atoms with Crippen molar-refractivity contribution in [3.05, 3.63) is 35.1 Å². The van der Waals surface area contributed by atoms with Gasteiger partial charge in [0.15, 0.2) is 10.8 Å². The summed E-state index contributed by atoms with van der Waals surface area (Å²) in [6.07, 6.45) is 3.99. The van der Waals surface area contributed by atoms with Crippen LogP contribution in [0.3, 0.4) is 0 Å². The monoisotopic (exact) mass is 477 g/mol. The van der Waals surface area contributed by atoms with E-state index >= 15 is 0 Å². The minimum absolute atomic E-state index is 0.0653. The number of thioether (sulfide) groups is 1. The van der Waals surface area contributed by atoms with Crippen molar-refractivity contribution in [1.82, 2.24) is 15.0 Å². The van der Waals surface area contributed by atoms with Crippen LogP contribution in [0.15, 0.2) is 40.1 Å². The normalized spacial score (nSPS) is 17.1. The highest BCUT2D eigenvalue weighted by atomic mass is 79.9. The lowest BCUT2D eigenvalue weighted by atomic mass is 10.0. The number of rotatable bonds is 5. The fourth-order valence-electron chi connectivity index (χ4n) is 3.22. The van der Waals surface area contributed by atoms with Gasteiger partial charge in [-0.25, -0.2) is 9.97 Å². The van der Waals surface area contributed by atoms with Crippen LogP contribution in [0.1, 0.15) is 19.8 Å². The van der Waals surface area contributed by atoms with Crippen molar-refractivity contribution < 1.29 is 4.79 Å². The largest absolute Gasteiger partial charge is 0.348 e. The van der Waals surface area contributed by atoms with E-state index in [-0.39, 0.29) is 11.7 Å². The number of nitrogens with one attached hydrogen (secondary N) is 1. The molecule has 1 saturated heterocycles. The Hall–Kier alpha value is -1.71. The minimum Gasteiger partial charge on any atom is -0.348 e. The average molecular weight is 478 g/mol. The first kappa shape index (κ1) is 19.6. The summed E-state index contributed by atoms with van der Waals surface area (Å²) < 4.78 is 1.88. The summed E-state index contributed by atoms with van der Waals surface area (Å²) in [5.74, 6) is 0.902. The van der Waals surface area contributed by atoms with Crippen LogP contribution in [0.25, 0.3) is 10.3 Å². The van der Waals surface area contributed by atoms with Crippen molar-refractivity contribution in [2.24, 2.45) is 5.92 Å². The van der Waals surface area contributed by atoms with Gasteiger partial charge in [-0.1, -0.05) is 52.0 Å². The van der Waals surface area contributed by atoms with Crippen LogP contribution >= 0.6 is 39.0 Å². The van der Waals surface area contributed by atoms with Crippen LogP contribution in [0.5, 0.6) is 0 Å². The van der Waals surface area contributed by atoms with Crippen LogP contribution in [-0.2, 0) is 4.79 Å². The minimum atomic E-state index is -0.0653. The third kappa shape index (κ3) is 4.64. The number of hydrogen-bond acceptors (Lipinski definition) is 7. The topological polar surface area (TPSA) is 71.0 Å². The lowest BCUT2D eigenvalue weighted by molar-refractivity contribution is -0.113. The van der Waals surface area contributed by atoms with E-state index in [1.54, 1.807) is 11.3 Å². The maximum Gasteiger partial charge on any atom is 0.234 e. The summed E-state index contributed by atoms with van der Waals surface area (Å²) in [6, 6.07) is 7.55. The van der Waals surface area contributed by atoms with Gasteiger partial charge in [0.25, 0.3) is 0 Å². The molecule has 3 aromatic rings. The summed E-state index contributed by atoms with van der Waals surface area (Å²) >= 11 is 6.45. The number of benzene rings is 1. The van der Waals surface area contributed by atoms with Gasteiger partial charge in [-0.2, -0.15) is 4.98 Å². The average Bonchev–Trinajstić information content (AvgIpc) is 3.11. The second-order valence-corrected chi connectivity index (χ2v) is 9.73. The first-order chi connectivity index (χ1) is 13.6. The Labute approximate surface area is 180 Å². The highest BCUT2D eigenvalue weighted by Gasteiger charge is 2.21. The Balaban J connectivity index is 1.45. The van der Waals surface area contributed by atoms with Gasteiger partial charge in [0.05, 0.1) is 5.75 Å².